The first-order valence-electron chi connectivity index (χ1n) is 6.59. The minimum Gasteiger partial charge on any atom is -0.424 e. The number of nitrogens with one attached hydrogen (secondary N) is 1. The van der Waals surface area contributed by atoms with Crippen LogP contribution < -0.4 is 9.46 Å². The Balaban J connectivity index is 1.72. The third-order valence-corrected chi connectivity index (χ3v) is 4.06. The second-order valence-electron chi connectivity index (χ2n) is 4.65. The zero-order chi connectivity index (χ0) is 16.3. The number of sulfonamides is 1. The molecule has 0 bridgehead atoms. The van der Waals surface area contributed by atoms with Crippen molar-refractivity contribution in [3.05, 3.63) is 55.2 Å². The maximum absolute atomic E-state index is 12.1. The third-order valence-electron chi connectivity index (χ3n) is 2.79. The quantitative estimate of drug-likeness (QED) is 0.765. The molecule has 9 heteroatoms. The molecule has 0 unspecified atom stereocenters. The Morgan fingerprint density at radius 2 is 1.78 bits per heavy atom. The lowest BCUT2D eigenvalue weighted by molar-refractivity contribution is 0.442. The van der Waals surface area contributed by atoms with Gasteiger partial charge in [-0.25, -0.2) is 15.0 Å². The Bertz CT molecular complexity index is 892. The van der Waals surface area contributed by atoms with Gasteiger partial charge in [0.15, 0.2) is 5.03 Å². The largest absolute Gasteiger partial charge is 0.424 e. The van der Waals surface area contributed by atoms with E-state index in [1.807, 2.05) is 18.2 Å². The molecule has 0 aliphatic carbocycles. The zero-order valence-electron chi connectivity index (χ0n) is 12.1. The van der Waals surface area contributed by atoms with Crippen LogP contribution in [0.15, 0.2) is 60.3 Å². The van der Waals surface area contributed by atoms with Crippen LogP contribution in [-0.4, -0.2) is 27.9 Å². The van der Waals surface area contributed by atoms with Crippen molar-refractivity contribution in [3.8, 4) is 11.8 Å². The summed E-state index contributed by atoms with van der Waals surface area (Å²) in [5.74, 6) is 0.592. The fraction of sp³-hybridized carbons (Fsp3) is 0.0714. The van der Waals surface area contributed by atoms with Crippen LogP contribution >= 0.6 is 0 Å². The van der Waals surface area contributed by atoms with Crippen molar-refractivity contribution >= 4 is 15.7 Å². The summed E-state index contributed by atoms with van der Waals surface area (Å²) in [6, 6.07) is 9.16. The summed E-state index contributed by atoms with van der Waals surface area (Å²) >= 11 is 0. The summed E-state index contributed by atoms with van der Waals surface area (Å²) in [6.07, 6.45) is 5.45. The van der Waals surface area contributed by atoms with Crippen molar-refractivity contribution in [1.82, 2.24) is 19.5 Å². The number of rotatable bonds is 5. The summed E-state index contributed by atoms with van der Waals surface area (Å²) in [5, 5.41) is -0.0791. The summed E-state index contributed by atoms with van der Waals surface area (Å²) in [4.78, 5) is 11.7. The van der Waals surface area contributed by atoms with Crippen molar-refractivity contribution in [2.75, 3.05) is 4.72 Å². The minimum absolute atomic E-state index is 0.0791. The fourth-order valence-corrected chi connectivity index (χ4v) is 2.76. The highest BCUT2D eigenvalue weighted by atomic mass is 32.2. The lowest BCUT2D eigenvalue weighted by atomic mass is 10.3. The van der Waals surface area contributed by atoms with E-state index in [0.717, 1.165) is 0 Å². The van der Waals surface area contributed by atoms with Gasteiger partial charge >= 0.3 is 6.01 Å². The van der Waals surface area contributed by atoms with Gasteiger partial charge < -0.3 is 9.30 Å². The maximum Gasteiger partial charge on any atom is 0.322 e. The Kier molecular flexibility index (Phi) is 3.94. The maximum atomic E-state index is 12.1. The van der Waals surface area contributed by atoms with E-state index in [1.165, 1.54) is 24.9 Å². The van der Waals surface area contributed by atoms with E-state index < -0.39 is 10.0 Å². The van der Waals surface area contributed by atoms with Gasteiger partial charge in [-0.05, 0) is 12.1 Å². The summed E-state index contributed by atoms with van der Waals surface area (Å²) in [6.45, 7) is 0. The van der Waals surface area contributed by atoms with Gasteiger partial charge in [-0.3, -0.25) is 4.72 Å². The molecule has 1 N–H and O–H groups in total. The number of benzene rings is 1. The second-order valence-corrected chi connectivity index (χ2v) is 6.28. The highest BCUT2D eigenvalue weighted by Crippen LogP contribution is 2.18. The van der Waals surface area contributed by atoms with Crippen molar-refractivity contribution in [2.24, 2.45) is 7.05 Å². The van der Waals surface area contributed by atoms with Gasteiger partial charge in [0.05, 0.1) is 24.4 Å². The minimum atomic E-state index is -3.77. The Hall–Kier alpha value is -2.94. The predicted molar refractivity (Wildman–Crippen MR) is 82.6 cm³/mol. The topological polar surface area (TPSA) is 99.0 Å². The fourth-order valence-electron chi connectivity index (χ4n) is 1.75. The van der Waals surface area contributed by atoms with Crippen LogP contribution in [0.1, 0.15) is 0 Å². The number of aryl methyl sites for hydroxylation is 1. The van der Waals surface area contributed by atoms with E-state index >= 15 is 0 Å². The number of aromatic nitrogens is 4. The van der Waals surface area contributed by atoms with E-state index in [9.17, 15) is 8.42 Å². The molecule has 8 nitrogen and oxygen atoms in total. The number of hydrogen-bond acceptors (Lipinski definition) is 6. The molecule has 118 valence electrons. The van der Waals surface area contributed by atoms with Gasteiger partial charge in [0, 0.05) is 13.2 Å². The summed E-state index contributed by atoms with van der Waals surface area (Å²) in [5.41, 5.74) is 0.219. The van der Waals surface area contributed by atoms with Crippen LogP contribution in [0, 0.1) is 0 Å². The molecule has 0 aliphatic rings. The molecule has 3 rings (SSSR count). The zero-order valence-corrected chi connectivity index (χ0v) is 12.9. The molecule has 0 spiro atoms. The van der Waals surface area contributed by atoms with Crippen LogP contribution in [0.5, 0.6) is 11.8 Å². The summed E-state index contributed by atoms with van der Waals surface area (Å²) < 4.78 is 33.6. The van der Waals surface area contributed by atoms with Crippen LogP contribution in [0.2, 0.25) is 0 Å². The van der Waals surface area contributed by atoms with Gasteiger partial charge in [-0.2, -0.15) is 8.42 Å². The highest BCUT2D eigenvalue weighted by molar-refractivity contribution is 7.92. The third kappa shape index (κ3) is 3.64. The smallest absolute Gasteiger partial charge is 0.322 e. The van der Waals surface area contributed by atoms with Crippen LogP contribution in [-0.2, 0) is 17.1 Å². The van der Waals surface area contributed by atoms with E-state index in [1.54, 1.807) is 23.7 Å². The van der Waals surface area contributed by atoms with Crippen molar-refractivity contribution in [1.29, 1.82) is 0 Å². The molecular formula is C14H13N5O3S. The highest BCUT2D eigenvalue weighted by Gasteiger charge is 2.17. The van der Waals surface area contributed by atoms with E-state index in [0.29, 0.717) is 5.75 Å². The molecule has 0 fully saturated rings. The molecule has 3 aromatic rings. The van der Waals surface area contributed by atoms with Crippen molar-refractivity contribution in [2.45, 2.75) is 5.03 Å². The van der Waals surface area contributed by atoms with Crippen LogP contribution in [0.4, 0.5) is 5.69 Å². The molecule has 0 amide bonds. The van der Waals surface area contributed by atoms with Crippen molar-refractivity contribution < 1.29 is 13.2 Å². The first kappa shape index (κ1) is 15.0. The average molecular weight is 331 g/mol. The summed E-state index contributed by atoms with van der Waals surface area (Å²) in [7, 11) is -2.08. The standard InChI is InChI=1S/C14H13N5O3S/c1-19-9-13(17-10-19)23(20,21)18-11-7-15-14(16-8-11)22-12-5-3-2-4-6-12/h2-10,18H,1H3. The second kappa shape index (κ2) is 6.05. The molecular weight excluding hydrogens is 318 g/mol. The molecule has 2 aromatic heterocycles. The number of para-hydroxylation sites is 1. The number of nitrogens with zero attached hydrogens (tertiary/aromatic N) is 4. The Labute approximate surface area is 132 Å². The number of hydrogen-bond donors (Lipinski definition) is 1. The molecule has 2 heterocycles. The molecule has 1 aromatic carbocycles. The van der Waals surface area contributed by atoms with E-state index in [-0.39, 0.29) is 16.7 Å². The van der Waals surface area contributed by atoms with Gasteiger partial charge in [-0.15, -0.1) is 0 Å². The number of imidazole rings is 1. The van der Waals surface area contributed by atoms with Gasteiger partial charge in [0.25, 0.3) is 10.0 Å². The normalized spacial score (nSPS) is 11.2. The average Bonchev–Trinajstić information content (AvgIpc) is 2.98. The number of ether oxygens (including phenoxy) is 1. The molecule has 0 saturated heterocycles. The van der Waals surface area contributed by atoms with E-state index in [2.05, 4.69) is 19.7 Å². The van der Waals surface area contributed by atoms with Crippen LogP contribution in [0.3, 0.4) is 0 Å². The molecule has 0 atom stereocenters. The van der Waals surface area contributed by atoms with Gasteiger partial charge in [0.1, 0.15) is 5.75 Å². The lowest BCUT2D eigenvalue weighted by Crippen LogP contribution is -2.13. The van der Waals surface area contributed by atoms with Gasteiger partial charge in [0.2, 0.25) is 0 Å². The lowest BCUT2D eigenvalue weighted by Gasteiger charge is -2.06. The van der Waals surface area contributed by atoms with Crippen LogP contribution in [0.25, 0.3) is 0 Å². The SMILES string of the molecule is Cn1cnc(S(=O)(=O)Nc2cnc(Oc3ccccc3)nc2)c1. The first-order chi connectivity index (χ1) is 11.0. The molecule has 0 radical (unpaired) electrons. The monoisotopic (exact) mass is 331 g/mol. The van der Waals surface area contributed by atoms with Crippen molar-refractivity contribution in [3.63, 3.8) is 0 Å². The molecule has 23 heavy (non-hydrogen) atoms. The van der Waals surface area contributed by atoms with Gasteiger partial charge in [-0.1, -0.05) is 18.2 Å². The first-order valence-corrected chi connectivity index (χ1v) is 8.07. The Morgan fingerprint density at radius 3 is 2.39 bits per heavy atom. The predicted octanol–water partition coefficient (Wildman–Crippen LogP) is 1.80. The number of anilines is 1. The van der Waals surface area contributed by atoms with E-state index in [4.69, 9.17) is 4.74 Å². The Morgan fingerprint density at radius 1 is 1.09 bits per heavy atom. The molecule has 0 saturated carbocycles. The molecule has 0 aliphatic heterocycles.